The van der Waals surface area contributed by atoms with Gasteiger partial charge >= 0.3 is 0 Å². The Labute approximate surface area is 113 Å². The van der Waals surface area contributed by atoms with E-state index in [1.54, 1.807) is 13.0 Å². The van der Waals surface area contributed by atoms with Crippen molar-refractivity contribution >= 4 is 27.3 Å². The van der Waals surface area contributed by atoms with Crippen molar-refractivity contribution in [3.05, 3.63) is 23.2 Å². The number of likely N-dealkylation sites (N-methyl/N-ethyl adjacent to an activating group) is 1. The molecule has 18 heavy (non-hydrogen) atoms. The van der Waals surface area contributed by atoms with Gasteiger partial charge < -0.3 is 10.6 Å². The highest BCUT2D eigenvalue weighted by Gasteiger charge is 2.23. The number of nitrogens with zero attached hydrogens (tertiary/aromatic N) is 1. The minimum absolute atomic E-state index is 0.0581. The Morgan fingerprint density at radius 1 is 1.44 bits per heavy atom. The average Bonchev–Trinajstić information content (AvgIpc) is 2.13. The van der Waals surface area contributed by atoms with Crippen LogP contribution in [-0.4, -0.2) is 40.0 Å². The van der Waals surface area contributed by atoms with E-state index < -0.39 is 10.0 Å². The third-order valence-corrected chi connectivity index (χ3v) is 4.39. The van der Waals surface area contributed by atoms with E-state index >= 15 is 0 Å². The van der Waals surface area contributed by atoms with Crippen LogP contribution in [0.2, 0.25) is 5.02 Å². The number of nitrogens with two attached hydrogens (primary N) is 1. The average molecular weight is 292 g/mol. The molecule has 0 aromatic heterocycles. The fraction of sp³-hybridized carbons (Fsp3) is 0.455. The lowest BCUT2D eigenvalue weighted by molar-refractivity contribution is 0.370. The molecular weight excluding hydrogens is 274 g/mol. The zero-order valence-corrected chi connectivity index (χ0v) is 12.2. The summed E-state index contributed by atoms with van der Waals surface area (Å²) in [6.07, 6.45) is 0. The molecule has 0 heterocycles. The van der Waals surface area contributed by atoms with Crippen LogP contribution < -0.4 is 10.5 Å². The molecule has 1 atom stereocenters. The maximum atomic E-state index is 12.2. The first-order chi connectivity index (χ1) is 8.24. The van der Waals surface area contributed by atoms with Gasteiger partial charge in [0.2, 0.25) is 10.0 Å². The number of halogens is 1. The Morgan fingerprint density at radius 2 is 2.06 bits per heavy atom. The molecule has 0 saturated carbocycles. The first-order valence-electron chi connectivity index (χ1n) is 5.45. The van der Waals surface area contributed by atoms with Gasteiger partial charge in [0.15, 0.2) is 0 Å². The van der Waals surface area contributed by atoms with Gasteiger partial charge in [-0.25, -0.2) is 13.1 Å². The van der Waals surface area contributed by atoms with Crippen molar-refractivity contribution in [1.82, 2.24) is 9.62 Å². The minimum atomic E-state index is -3.70. The van der Waals surface area contributed by atoms with Crippen LogP contribution >= 0.6 is 11.6 Å². The molecule has 0 aliphatic heterocycles. The van der Waals surface area contributed by atoms with Crippen LogP contribution in [0.3, 0.4) is 0 Å². The number of hydrogen-bond donors (Lipinski definition) is 2. The molecule has 0 fully saturated rings. The SMILES string of the molecule is CC(CN(C)C)NS(=O)(=O)c1c(N)cccc1Cl. The highest BCUT2D eigenvalue weighted by molar-refractivity contribution is 7.89. The summed E-state index contributed by atoms with van der Waals surface area (Å²) in [5.74, 6) is 0. The molecule has 3 N–H and O–H groups in total. The lowest BCUT2D eigenvalue weighted by atomic mass is 10.3. The second-order valence-electron chi connectivity index (χ2n) is 4.44. The molecule has 0 spiro atoms. The van der Waals surface area contributed by atoms with Crippen molar-refractivity contribution in [2.24, 2.45) is 0 Å². The van der Waals surface area contributed by atoms with Crippen LogP contribution in [0.4, 0.5) is 5.69 Å². The van der Waals surface area contributed by atoms with Crippen LogP contribution in [-0.2, 0) is 10.0 Å². The van der Waals surface area contributed by atoms with E-state index in [1.807, 2.05) is 19.0 Å². The lowest BCUT2D eigenvalue weighted by Gasteiger charge is -2.19. The second-order valence-corrected chi connectivity index (χ2v) is 6.50. The number of hydrogen-bond acceptors (Lipinski definition) is 4. The highest BCUT2D eigenvalue weighted by Crippen LogP contribution is 2.26. The van der Waals surface area contributed by atoms with Crippen molar-refractivity contribution in [2.75, 3.05) is 26.4 Å². The number of benzene rings is 1. The standard InChI is InChI=1S/C11H18ClN3O2S/c1-8(7-15(2)3)14-18(16,17)11-9(12)5-4-6-10(11)13/h4-6,8,14H,7,13H2,1-3H3. The molecule has 0 radical (unpaired) electrons. The molecule has 0 aliphatic rings. The molecule has 1 unspecified atom stereocenters. The summed E-state index contributed by atoms with van der Waals surface area (Å²) in [7, 11) is 0.0393. The molecule has 1 rings (SSSR count). The molecule has 102 valence electrons. The van der Waals surface area contributed by atoms with Crippen molar-refractivity contribution < 1.29 is 8.42 Å². The van der Waals surface area contributed by atoms with Crippen LogP contribution in [0.5, 0.6) is 0 Å². The van der Waals surface area contributed by atoms with Crippen LogP contribution in [0.15, 0.2) is 23.1 Å². The van der Waals surface area contributed by atoms with E-state index in [9.17, 15) is 8.42 Å². The second kappa shape index (κ2) is 5.88. The van der Waals surface area contributed by atoms with Crippen molar-refractivity contribution in [3.63, 3.8) is 0 Å². The monoisotopic (exact) mass is 291 g/mol. The molecule has 5 nitrogen and oxygen atoms in total. The van der Waals surface area contributed by atoms with E-state index in [1.165, 1.54) is 12.1 Å². The molecule has 1 aromatic carbocycles. The summed E-state index contributed by atoms with van der Waals surface area (Å²) in [6.45, 7) is 2.37. The van der Waals surface area contributed by atoms with Crippen LogP contribution in [0, 0.1) is 0 Å². The summed E-state index contributed by atoms with van der Waals surface area (Å²) in [6, 6.07) is 4.39. The predicted molar refractivity (Wildman–Crippen MR) is 74.2 cm³/mol. The van der Waals surface area contributed by atoms with E-state index in [0.29, 0.717) is 6.54 Å². The smallest absolute Gasteiger partial charge is 0.244 e. The quantitative estimate of drug-likeness (QED) is 0.798. The number of anilines is 1. The summed E-state index contributed by atoms with van der Waals surface area (Å²) in [5, 5.41) is 0.125. The maximum Gasteiger partial charge on any atom is 0.244 e. The summed E-state index contributed by atoms with van der Waals surface area (Å²) in [4.78, 5) is 1.83. The van der Waals surface area contributed by atoms with Gasteiger partial charge in [-0.05, 0) is 33.2 Å². The Kier molecular flexibility index (Phi) is 4.98. The third kappa shape index (κ3) is 3.84. The van der Waals surface area contributed by atoms with Gasteiger partial charge in [-0.15, -0.1) is 0 Å². The molecule has 7 heteroatoms. The molecule has 1 aromatic rings. The van der Waals surface area contributed by atoms with Gasteiger partial charge in [0.1, 0.15) is 4.90 Å². The van der Waals surface area contributed by atoms with Gasteiger partial charge in [-0.1, -0.05) is 17.7 Å². The highest BCUT2D eigenvalue weighted by atomic mass is 35.5. The molecule has 0 amide bonds. The maximum absolute atomic E-state index is 12.2. The number of sulfonamides is 1. The third-order valence-electron chi connectivity index (χ3n) is 2.26. The summed E-state index contributed by atoms with van der Waals surface area (Å²) in [5.41, 5.74) is 5.82. The largest absolute Gasteiger partial charge is 0.398 e. The first-order valence-corrected chi connectivity index (χ1v) is 7.31. The van der Waals surface area contributed by atoms with Crippen LogP contribution in [0.25, 0.3) is 0 Å². The van der Waals surface area contributed by atoms with Crippen molar-refractivity contribution in [1.29, 1.82) is 0 Å². The summed E-state index contributed by atoms with van der Waals surface area (Å²) < 4.78 is 26.9. The zero-order chi connectivity index (χ0) is 13.9. The predicted octanol–water partition coefficient (Wildman–Crippen LogP) is 1.15. The topological polar surface area (TPSA) is 75.4 Å². The van der Waals surface area contributed by atoms with Gasteiger partial charge in [-0.2, -0.15) is 0 Å². The Morgan fingerprint density at radius 3 is 2.56 bits per heavy atom. The number of rotatable bonds is 5. The Bertz CT molecular complexity index is 497. The van der Waals surface area contributed by atoms with E-state index in [0.717, 1.165) is 0 Å². The number of nitrogens with one attached hydrogen (secondary N) is 1. The normalized spacial score (nSPS) is 13.8. The van der Waals surface area contributed by atoms with E-state index in [4.69, 9.17) is 17.3 Å². The van der Waals surface area contributed by atoms with Gasteiger partial charge in [0, 0.05) is 12.6 Å². The molecular formula is C11H18ClN3O2S. The van der Waals surface area contributed by atoms with E-state index in [2.05, 4.69) is 4.72 Å². The molecule has 0 aliphatic carbocycles. The van der Waals surface area contributed by atoms with Gasteiger partial charge in [0.25, 0.3) is 0 Å². The summed E-state index contributed by atoms with van der Waals surface area (Å²) >= 11 is 5.89. The van der Waals surface area contributed by atoms with E-state index in [-0.39, 0.29) is 21.6 Å². The fourth-order valence-corrected chi connectivity index (χ4v) is 3.63. The van der Waals surface area contributed by atoms with Crippen LogP contribution in [0.1, 0.15) is 6.92 Å². The molecule has 0 bridgehead atoms. The first kappa shape index (κ1) is 15.2. The van der Waals surface area contributed by atoms with Gasteiger partial charge in [0.05, 0.1) is 10.7 Å². The Balaban J connectivity index is 3.00. The lowest BCUT2D eigenvalue weighted by Crippen LogP contribution is -2.39. The molecule has 0 saturated heterocycles. The number of nitrogen functional groups attached to an aromatic ring is 1. The van der Waals surface area contributed by atoms with Crippen molar-refractivity contribution in [2.45, 2.75) is 17.9 Å². The Hall–Kier alpha value is -0.820. The zero-order valence-electron chi connectivity index (χ0n) is 10.6. The van der Waals surface area contributed by atoms with Crippen molar-refractivity contribution in [3.8, 4) is 0 Å². The van der Waals surface area contributed by atoms with Gasteiger partial charge in [-0.3, -0.25) is 0 Å². The fourth-order valence-electron chi connectivity index (χ4n) is 1.72. The minimum Gasteiger partial charge on any atom is -0.398 e.